The van der Waals surface area contributed by atoms with Crippen LogP contribution in [0.3, 0.4) is 0 Å². The third-order valence-corrected chi connectivity index (χ3v) is 4.64. The van der Waals surface area contributed by atoms with Gasteiger partial charge in [-0.05, 0) is 23.6 Å². The van der Waals surface area contributed by atoms with Crippen LogP contribution >= 0.6 is 15.9 Å². The molecule has 0 saturated heterocycles. The predicted octanol–water partition coefficient (Wildman–Crippen LogP) is -2.65. The van der Waals surface area contributed by atoms with Crippen molar-refractivity contribution < 1.29 is 71.2 Å². The number of aliphatic hydroxyl groups excluding tert-OH is 1. The number of aryl methyl sites for hydroxylation is 1. The summed E-state index contributed by atoms with van der Waals surface area (Å²) >= 11 is 3.51. The van der Waals surface area contributed by atoms with Crippen molar-refractivity contribution in [2.75, 3.05) is 6.61 Å². The summed E-state index contributed by atoms with van der Waals surface area (Å²) in [6, 6.07) is 3.94. The van der Waals surface area contributed by atoms with Gasteiger partial charge in [-0.15, -0.1) is 0 Å². The van der Waals surface area contributed by atoms with Crippen LogP contribution in [0.4, 0.5) is 0 Å². The van der Waals surface area contributed by atoms with Crippen molar-refractivity contribution in [1.29, 1.82) is 0 Å². The van der Waals surface area contributed by atoms with Crippen LogP contribution in [0.15, 0.2) is 16.6 Å². The summed E-state index contributed by atoms with van der Waals surface area (Å²) in [4.78, 5) is 24.4. The van der Waals surface area contributed by atoms with Crippen LogP contribution in [0.5, 0.6) is 0 Å². The summed E-state index contributed by atoms with van der Waals surface area (Å²) in [6.07, 6.45) is -0.456. The Morgan fingerprint density at radius 2 is 2.10 bits per heavy atom. The molecule has 0 saturated carbocycles. The Morgan fingerprint density at radius 3 is 2.67 bits per heavy atom. The maximum atomic E-state index is 12.2. The number of hydrogen-bond donors (Lipinski definition) is 1. The van der Waals surface area contributed by atoms with Gasteiger partial charge in [-0.25, -0.2) is 0 Å². The molecular formula is C14H15BrKNO4. The molecule has 21 heavy (non-hydrogen) atoms. The number of rotatable bonds is 4. The molecule has 1 unspecified atom stereocenters. The standard InChI is InChI=1S/C14H16BrNO4.K/c1-8-2-3-9-5-16(6-11(9)13(8)15)14(20)10(7-17)4-12(18)19;/h2-3,10,17H,4-7H2,1H3,(H,18,19);/q;+1/p-1. The number of carboxylic acids is 1. The van der Waals surface area contributed by atoms with Crippen molar-refractivity contribution in [3.8, 4) is 0 Å². The number of halogens is 1. The van der Waals surface area contributed by atoms with E-state index >= 15 is 0 Å². The van der Waals surface area contributed by atoms with Crippen molar-refractivity contribution in [3.63, 3.8) is 0 Å². The number of aliphatic carboxylic acids is 1. The fourth-order valence-electron chi connectivity index (χ4n) is 2.39. The van der Waals surface area contributed by atoms with Crippen molar-refractivity contribution in [2.24, 2.45) is 5.92 Å². The van der Waals surface area contributed by atoms with E-state index in [1.54, 1.807) is 4.90 Å². The van der Waals surface area contributed by atoms with Crippen molar-refractivity contribution >= 4 is 27.8 Å². The molecule has 0 spiro atoms. The quantitative estimate of drug-likeness (QED) is 0.579. The summed E-state index contributed by atoms with van der Waals surface area (Å²) in [6.45, 7) is 2.36. The summed E-state index contributed by atoms with van der Waals surface area (Å²) < 4.78 is 0.978. The summed E-state index contributed by atoms with van der Waals surface area (Å²) in [5, 5.41) is 19.8. The van der Waals surface area contributed by atoms with Crippen LogP contribution in [-0.4, -0.2) is 28.5 Å². The first-order valence-electron chi connectivity index (χ1n) is 6.30. The molecule has 1 aromatic rings. The second-order valence-electron chi connectivity index (χ2n) is 4.98. The maximum absolute atomic E-state index is 12.2. The van der Waals surface area contributed by atoms with Crippen molar-refractivity contribution in [1.82, 2.24) is 4.90 Å². The van der Waals surface area contributed by atoms with Crippen LogP contribution < -0.4 is 56.5 Å². The van der Waals surface area contributed by atoms with Gasteiger partial charge in [0, 0.05) is 30.0 Å². The van der Waals surface area contributed by atoms with Crippen LogP contribution in [-0.2, 0) is 22.7 Å². The number of hydrogen-bond acceptors (Lipinski definition) is 4. The van der Waals surface area contributed by atoms with E-state index < -0.39 is 24.9 Å². The second-order valence-corrected chi connectivity index (χ2v) is 5.78. The molecule has 1 aliphatic heterocycles. The summed E-state index contributed by atoms with van der Waals surface area (Å²) in [5.41, 5.74) is 3.18. The van der Waals surface area contributed by atoms with E-state index in [9.17, 15) is 19.8 Å². The number of benzene rings is 1. The predicted molar refractivity (Wildman–Crippen MR) is 73.3 cm³/mol. The van der Waals surface area contributed by atoms with E-state index in [1.165, 1.54) is 0 Å². The van der Waals surface area contributed by atoms with Gasteiger partial charge in [0.25, 0.3) is 0 Å². The normalized spacial score (nSPS) is 14.3. The minimum atomic E-state index is -1.33. The largest absolute Gasteiger partial charge is 1.00 e. The van der Waals surface area contributed by atoms with Crippen LogP contribution in [0.25, 0.3) is 0 Å². The first-order chi connectivity index (χ1) is 9.43. The fraction of sp³-hybridized carbons (Fsp3) is 0.429. The minimum absolute atomic E-state index is 0. The molecule has 1 heterocycles. The summed E-state index contributed by atoms with van der Waals surface area (Å²) in [7, 11) is 0. The molecule has 0 radical (unpaired) electrons. The molecule has 5 nitrogen and oxygen atoms in total. The average Bonchev–Trinajstić information content (AvgIpc) is 2.84. The summed E-state index contributed by atoms with van der Waals surface area (Å²) in [5.74, 6) is -2.61. The van der Waals surface area contributed by atoms with E-state index in [0.29, 0.717) is 13.1 Å². The zero-order chi connectivity index (χ0) is 14.9. The Hall–Kier alpha value is 0.236. The molecular weight excluding hydrogens is 365 g/mol. The Kier molecular flexibility index (Phi) is 7.52. The second kappa shape index (κ2) is 8.19. The first kappa shape index (κ1) is 19.3. The van der Waals surface area contributed by atoms with E-state index in [-0.39, 0.29) is 57.3 Å². The van der Waals surface area contributed by atoms with Crippen molar-refractivity contribution in [3.05, 3.63) is 33.3 Å². The van der Waals surface area contributed by atoms with E-state index in [1.807, 2.05) is 19.1 Å². The van der Waals surface area contributed by atoms with E-state index in [2.05, 4.69) is 15.9 Å². The van der Waals surface area contributed by atoms with Gasteiger partial charge < -0.3 is 19.9 Å². The molecule has 0 aromatic heterocycles. The van der Waals surface area contributed by atoms with Gasteiger partial charge in [0.05, 0.1) is 12.5 Å². The number of nitrogens with zero attached hydrogens (tertiary/aromatic N) is 1. The molecule has 1 N–H and O–H groups in total. The Labute approximate surface area is 174 Å². The topological polar surface area (TPSA) is 80.7 Å². The number of carbonyl (C=O) groups is 2. The molecule has 1 atom stereocenters. The Balaban J connectivity index is 0.00000220. The number of carboxylic acid groups (broad SMARTS) is 1. The fourth-order valence-corrected chi connectivity index (χ4v) is 2.91. The Morgan fingerprint density at radius 1 is 1.43 bits per heavy atom. The molecule has 7 heteroatoms. The van der Waals surface area contributed by atoms with E-state index in [0.717, 1.165) is 21.2 Å². The van der Waals surface area contributed by atoms with Gasteiger partial charge in [-0.1, -0.05) is 28.1 Å². The molecule has 1 aliphatic rings. The third-order valence-electron chi connectivity index (χ3n) is 3.54. The molecule has 0 bridgehead atoms. The average molecular weight is 380 g/mol. The zero-order valence-electron chi connectivity index (χ0n) is 12.1. The molecule has 0 aliphatic carbocycles. The SMILES string of the molecule is Cc1ccc2c(c1Br)CN(C(=O)C(CO)CC(=O)[O-])C2.[K+]. The van der Waals surface area contributed by atoms with Crippen LogP contribution in [0.2, 0.25) is 0 Å². The minimum Gasteiger partial charge on any atom is -0.550 e. The van der Waals surface area contributed by atoms with Gasteiger partial charge in [-0.3, -0.25) is 4.79 Å². The molecule has 1 aromatic carbocycles. The van der Waals surface area contributed by atoms with E-state index in [4.69, 9.17) is 0 Å². The van der Waals surface area contributed by atoms with Gasteiger partial charge in [0.2, 0.25) is 5.91 Å². The number of amides is 1. The molecule has 1 amide bonds. The van der Waals surface area contributed by atoms with Gasteiger partial charge in [0.15, 0.2) is 0 Å². The molecule has 108 valence electrons. The Bertz CT molecular complexity index is 564. The zero-order valence-corrected chi connectivity index (χ0v) is 16.8. The molecule has 0 fully saturated rings. The molecule has 2 rings (SSSR count). The van der Waals surface area contributed by atoms with Crippen LogP contribution in [0, 0.1) is 12.8 Å². The first-order valence-corrected chi connectivity index (χ1v) is 7.09. The smallest absolute Gasteiger partial charge is 0.550 e. The van der Waals surface area contributed by atoms with Gasteiger partial charge in [-0.2, -0.15) is 0 Å². The monoisotopic (exact) mass is 379 g/mol. The number of aliphatic hydroxyl groups is 1. The number of carbonyl (C=O) groups excluding carboxylic acids is 2. The maximum Gasteiger partial charge on any atom is 1.00 e. The third kappa shape index (κ3) is 4.37. The van der Waals surface area contributed by atoms with Gasteiger partial charge >= 0.3 is 51.4 Å². The number of fused-ring (bicyclic) bond motifs is 1. The van der Waals surface area contributed by atoms with Crippen LogP contribution in [0.1, 0.15) is 23.1 Å². The van der Waals surface area contributed by atoms with Crippen molar-refractivity contribution in [2.45, 2.75) is 26.4 Å². The van der Waals surface area contributed by atoms with Gasteiger partial charge in [0.1, 0.15) is 0 Å².